The average molecular weight is 337 g/mol. The Bertz CT molecular complexity index is 682. The fraction of sp³-hybridized carbons (Fsp3) is 0.273. The fourth-order valence-corrected chi connectivity index (χ4v) is 3.26. The van der Waals surface area contributed by atoms with Gasteiger partial charge in [0, 0.05) is 5.02 Å². The molecule has 6 nitrogen and oxygen atoms in total. The minimum atomic E-state index is -4.07. The summed E-state index contributed by atoms with van der Waals surface area (Å²) in [5.74, 6) is -1.39. The first-order chi connectivity index (χ1) is 9.22. The molecule has 20 heavy (non-hydrogen) atoms. The van der Waals surface area contributed by atoms with Gasteiger partial charge < -0.3 is 5.11 Å². The number of hydrogen-bond donors (Lipinski definition) is 2. The van der Waals surface area contributed by atoms with E-state index < -0.39 is 21.2 Å². The summed E-state index contributed by atoms with van der Waals surface area (Å²) in [6, 6.07) is 3.90. The maximum Gasteiger partial charge on any atom is 0.337 e. The summed E-state index contributed by atoms with van der Waals surface area (Å²) in [5, 5.41) is 16.4. The summed E-state index contributed by atoms with van der Waals surface area (Å²) in [7, 11) is -4.07. The highest BCUT2D eigenvalue weighted by Gasteiger charge is 2.27. The first kappa shape index (κ1) is 16.6. The van der Waals surface area contributed by atoms with Crippen molar-refractivity contribution in [3.05, 3.63) is 27.7 Å². The van der Waals surface area contributed by atoms with Crippen molar-refractivity contribution in [2.45, 2.75) is 18.6 Å². The third kappa shape index (κ3) is 3.54. The molecule has 108 valence electrons. The summed E-state index contributed by atoms with van der Waals surface area (Å²) in [4.78, 5) is 11.1. The second-order valence-corrected chi connectivity index (χ2v) is 6.50. The van der Waals surface area contributed by atoms with Crippen molar-refractivity contribution in [1.29, 1.82) is 5.26 Å². The van der Waals surface area contributed by atoms with E-state index in [4.69, 9.17) is 33.6 Å². The molecule has 0 amide bonds. The van der Waals surface area contributed by atoms with Gasteiger partial charge in [-0.3, -0.25) is 4.72 Å². The van der Waals surface area contributed by atoms with Crippen molar-refractivity contribution in [3.63, 3.8) is 0 Å². The summed E-state index contributed by atoms with van der Waals surface area (Å²) >= 11 is 11.5. The number of carboxylic acid groups (broad SMARTS) is 1. The first-order valence-corrected chi connectivity index (χ1v) is 7.66. The number of sulfonamides is 1. The molecule has 0 radical (unpaired) electrons. The number of hydrogen-bond acceptors (Lipinski definition) is 4. The molecule has 0 spiro atoms. The molecule has 0 saturated carbocycles. The third-order valence-electron chi connectivity index (χ3n) is 2.42. The number of nitrogens with zero attached hydrogens (tertiary/aromatic N) is 1. The maximum atomic E-state index is 12.0. The van der Waals surface area contributed by atoms with Crippen LogP contribution in [0.5, 0.6) is 0 Å². The van der Waals surface area contributed by atoms with Gasteiger partial charge in [-0.15, -0.1) is 0 Å². The predicted octanol–water partition coefficient (Wildman–Crippen LogP) is 2.74. The normalized spacial score (nSPS) is 12.5. The van der Waals surface area contributed by atoms with Crippen molar-refractivity contribution in [2.24, 2.45) is 0 Å². The van der Waals surface area contributed by atoms with Gasteiger partial charge in [0.1, 0.15) is 0 Å². The van der Waals surface area contributed by atoms with Gasteiger partial charge in [-0.05, 0) is 18.6 Å². The molecule has 0 aliphatic heterocycles. The van der Waals surface area contributed by atoms with E-state index in [9.17, 15) is 13.2 Å². The molecule has 2 N–H and O–H groups in total. The summed E-state index contributed by atoms with van der Waals surface area (Å²) in [5.41, 5.74) is -0.698. The number of halogens is 2. The molecule has 0 aliphatic rings. The van der Waals surface area contributed by atoms with Gasteiger partial charge in [0.25, 0.3) is 0 Å². The summed E-state index contributed by atoms with van der Waals surface area (Å²) in [6.07, 6.45) is 0.0550. The van der Waals surface area contributed by atoms with Crippen LogP contribution in [0.25, 0.3) is 0 Å². The van der Waals surface area contributed by atoms with Crippen LogP contribution in [0.4, 0.5) is 5.69 Å². The predicted molar refractivity (Wildman–Crippen MR) is 75.7 cm³/mol. The minimum absolute atomic E-state index is 0.0550. The second kappa shape index (κ2) is 6.31. The standard InChI is InChI=1S/C11H10Cl2N2O4S/c1-2-7(5-14)20(18,19)15-10-8(11(16)17)3-6(12)4-9(10)13/h3-4,7,15H,2H2,1H3,(H,16,17). The number of anilines is 1. The zero-order valence-corrected chi connectivity index (χ0v) is 12.6. The van der Waals surface area contributed by atoms with Crippen molar-refractivity contribution >= 4 is 44.9 Å². The van der Waals surface area contributed by atoms with Gasteiger partial charge in [-0.25, -0.2) is 13.2 Å². The number of carbonyl (C=O) groups is 1. The molecule has 1 aromatic rings. The molecule has 0 fully saturated rings. The molecule has 1 rings (SSSR count). The van der Waals surface area contributed by atoms with Crippen LogP contribution in [0, 0.1) is 11.3 Å². The molecule has 0 bridgehead atoms. The third-order valence-corrected chi connectivity index (χ3v) is 4.61. The van der Waals surface area contributed by atoms with Crippen LogP contribution >= 0.6 is 23.2 Å². The van der Waals surface area contributed by atoms with Crippen LogP contribution in [-0.2, 0) is 10.0 Å². The number of carboxylic acids is 1. The Labute approximate surface area is 126 Å². The van der Waals surface area contributed by atoms with Gasteiger partial charge in [0.15, 0.2) is 5.25 Å². The van der Waals surface area contributed by atoms with Crippen LogP contribution < -0.4 is 4.72 Å². The number of nitriles is 1. The van der Waals surface area contributed by atoms with E-state index in [1.165, 1.54) is 13.0 Å². The first-order valence-electron chi connectivity index (χ1n) is 5.36. The average Bonchev–Trinajstić information content (AvgIpc) is 2.33. The van der Waals surface area contributed by atoms with Crippen LogP contribution in [0.3, 0.4) is 0 Å². The molecule has 0 aliphatic carbocycles. The Morgan fingerprint density at radius 2 is 2.10 bits per heavy atom. The van der Waals surface area contributed by atoms with E-state index in [1.807, 2.05) is 4.72 Å². The molecule has 1 unspecified atom stereocenters. The molecule has 1 aromatic carbocycles. The number of aromatic carboxylic acids is 1. The van der Waals surface area contributed by atoms with E-state index in [0.717, 1.165) is 6.07 Å². The van der Waals surface area contributed by atoms with Gasteiger partial charge in [0.05, 0.1) is 22.3 Å². The van der Waals surface area contributed by atoms with E-state index in [2.05, 4.69) is 0 Å². The highest BCUT2D eigenvalue weighted by molar-refractivity contribution is 7.93. The second-order valence-electron chi connectivity index (χ2n) is 3.79. The Balaban J connectivity index is 3.36. The zero-order valence-electron chi connectivity index (χ0n) is 10.2. The minimum Gasteiger partial charge on any atom is -0.478 e. The zero-order chi connectivity index (χ0) is 15.5. The highest BCUT2D eigenvalue weighted by atomic mass is 35.5. The molecule has 9 heteroatoms. The molecular weight excluding hydrogens is 327 g/mol. The Morgan fingerprint density at radius 3 is 2.55 bits per heavy atom. The van der Waals surface area contributed by atoms with Gasteiger partial charge in [-0.2, -0.15) is 5.26 Å². The lowest BCUT2D eigenvalue weighted by atomic mass is 10.2. The lowest BCUT2D eigenvalue weighted by Crippen LogP contribution is -2.27. The van der Waals surface area contributed by atoms with Crippen molar-refractivity contribution in [1.82, 2.24) is 0 Å². The largest absolute Gasteiger partial charge is 0.478 e. The Kier molecular flexibility index (Phi) is 5.22. The Hall–Kier alpha value is -1.49. The monoisotopic (exact) mass is 336 g/mol. The van der Waals surface area contributed by atoms with E-state index >= 15 is 0 Å². The maximum absolute atomic E-state index is 12.0. The molecule has 0 saturated heterocycles. The SMILES string of the molecule is CCC(C#N)S(=O)(=O)Nc1c(Cl)cc(Cl)cc1C(=O)O. The lowest BCUT2D eigenvalue weighted by Gasteiger charge is -2.14. The molecule has 0 aromatic heterocycles. The van der Waals surface area contributed by atoms with Gasteiger partial charge in [-0.1, -0.05) is 30.1 Å². The van der Waals surface area contributed by atoms with Crippen LogP contribution in [-0.4, -0.2) is 24.7 Å². The molecule has 1 atom stereocenters. The topological polar surface area (TPSA) is 107 Å². The number of rotatable bonds is 5. The van der Waals surface area contributed by atoms with Gasteiger partial charge in [0.2, 0.25) is 10.0 Å². The quantitative estimate of drug-likeness (QED) is 0.859. The van der Waals surface area contributed by atoms with Crippen molar-refractivity contribution in [3.8, 4) is 6.07 Å². The summed E-state index contributed by atoms with van der Waals surface area (Å²) < 4.78 is 26.0. The van der Waals surface area contributed by atoms with Crippen molar-refractivity contribution < 1.29 is 18.3 Å². The van der Waals surface area contributed by atoms with Crippen LogP contribution in [0.1, 0.15) is 23.7 Å². The van der Waals surface area contributed by atoms with Crippen LogP contribution in [0.2, 0.25) is 10.0 Å². The van der Waals surface area contributed by atoms with Crippen molar-refractivity contribution in [2.75, 3.05) is 4.72 Å². The number of benzene rings is 1. The number of nitrogens with one attached hydrogen (secondary N) is 1. The smallest absolute Gasteiger partial charge is 0.337 e. The van der Waals surface area contributed by atoms with E-state index in [0.29, 0.717) is 0 Å². The van der Waals surface area contributed by atoms with Crippen LogP contribution in [0.15, 0.2) is 12.1 Å². The molecule has 0 heterocycles. The highest BCUT2D eigenvalue weighted by Crippen LogP contribution is 2.31. The Morgan fingerprint density at radius 1 is 1.50 bits per heavy atom. The summed E-state index contributed by atoms with van der Waals surface area (Å²) in [6.45, 7) is 1.52. The molecular formula is C11H10Cl2N2O4S. The van der Waals surface area contributed by atoms with E-state index in [1.54, 1.807) is 6.07 Å². The van der Waals surface area contributed by atoms with Gasteiger partial charge >= 0.3 is 5.97 Å². The fourth-order valence-electron chi connectivity index (χ4n) is 1.44. The van der Waals surface area contributed by atoms with E-state index in [-0.39, 0.29) is 27.7 Å². The lowest BCUT2D eigenvalue weighted by molar-refractivity contribution is 0.0698.